The fourth-order valence-electron chi connectivity index (χ4n) is 3.17. The average molecular weight is 327 g/mol. The fourth-order valence-corrected chi connectivity index (χ4v) is 3.17. The van der Waals surface area contributed by atoms with Gasteiger partial charge in [-0.05, 0) is 44.4 Å². The third kappa shape index (κ3) is 3.88. The van der Waals surface area contributed by atoms with Gasteiger partial charge in [-0.15, -0.1) is 0 Å². The van der Waals surface area contributed by atoms with Crippen LogP contribution in [0.5, 0.6) is 0 Å². The average Bonchev–Trinajstić information content (AvgIpc) is 2.85. The van der Waals surface area contributed by atoms with Gasteiger partial charge in [0.2, 0.25) is 0 Å². The van der Waals surface area contributed by atoms with Crippen LogP contribution >= 0.6 is 0 Å². The van der Waals surface area contributed by atoms with E-state index < -0.39 is 0 Å². The Balaban J connectivity index is 1.50. The van der Waals surface area contributed by atoms with E-state index in [0.29, 0.717) is 5.82 Å². The largest absolute Gasteiger partial charge is 0.371 e. The lowest BCUT2D eigenvalue weighted by molar-refractivity contribution is 0.245. The molecule has 1 aliphatic rings. The van der Waals surface area contributed by atoms with Gasteiger partial charge in [-0.25, -0.2) is 4.79 Å². The van der Waals surface area contributed by atoms with Crippen molar-refractivity contribution < 1.29 is 4.79 Å². The molecule has 6 heteroatoms. The number of aromatic nitrogens is 2. The summed E-state index contributed by atoms with van der Waals surface area (Å²) in [6.45, 7) is 5.94. The van der Waals surface area contributed by atoms with E-state index >= 15 is 0 Å². The first-order valence-corrected chi connectivity index (χ1v) is 8.41. The molecule has 0 bridgehead atoms. The number of carbonyl (C=O) groups excluding carboxylic acids is 1. The van der Waals surface area contributed by atoms with Gasteiger partial charge in [-0.2, -0.15) is 5.10 Å². The number of carbonyl (C=O) groups is 1. The van der Waals surface area contributed by atoms with Crippen LogP contribution in [0.4, 0.5) is 16.3 Å². The van der Waals surface area contributed by atoms with Crippen molar-refractivity contribution in [2.45, 2.75) is 32.7 Å². The number of rotatable bonds is 3. The number of nitrogens with one attached hydrogen (secondary N) is 2. The van der Waals surface area contributed by atoms with Crippen LogP contribution < -0.4 is 15.5 Å². The zero-order chi connectivity index (χ0) is 17.1. The first-order chi connectivity index (χ1) is 11.5. The number of urea groups is 1. The van der Waals surface area contributed by atoms with Crippen LogP contribution in [0, 0.1) is 13.8 Å². The first-order valence-electron chi connectivity index (χ1n) is 8.41. The molecule has 6 nitrogen and oxygen atoms in total. The van der Waals surface area contributed by atoms with Crippen LogP contribution in [0.2, 0.25) is 0 Å². The van der Waals surface area contributed by atoms with E-state index in [0.717, 1.165) is 31.6 Å². The van der Waals surface area contributed by atoms with Gasteiger partial charge in [0.05, 0.1) is 5.69 Å². The number of hydrogen-bond acceptors (Lipinski definition) is 3. The van der Waals surface area contributed by atoms with Crippen molar-refractivity contribution in [1.82, 2.24) is 15.1 Å². The molecule has 1 aromatic heterocycles. The monoisotopic (exact) mass is 327 g/mol. The Morgan fingerprint density at radius 1 is 1.21 bits per heavy atom. The summed E-state index contributed by atoms with van der Waals surface area (Å²) in [5.41, 5.74) is 3.43. The molecule has 0 spiro atoms. The molecule has 1 aromatic carbocycles. The molecular weight excluding hydrogens is 302 g/mol. The predicted octanol–water partition coefficient (Wildman–Crippen LogP) is 2.83. The van der Waals surface area contributed by atoms with Crippen molar-refractivity contribution >= 4 is 17.5 Å². The van der Waals surface area contributed by atoms with Crippen molar-refractivity contribution in [2.75, 3.05) is 23.3 Å². The maximum Gasteiger partial charge on any atom is 0.320 e. The highest BCUT2D eigenvalue weighted by Crippen LogP contribution is 2.21. The number of aryl methyl sites for hydroxylation is 3. The molecular formula is C18H25N5O. The number of nitrogens with zero attached hydrogens (tertiary/aromatic N) is 3. The molecule has 3 rings (SSSR count). The molecule has 1 saturated heterocycles. The lowest BCUT2D eigenvalue weighted by Crippen LogP contribution is -2.46. The van der Waals surface area contributed by atoms with Gasteiger partial charge in [0.1, 0.15) is 5.82 Å². The Kier molecular flexibility index (Phi) is 4.74. The number of amides is 2. The second-order valence-corrected chi connectivity index (χ2v) is 6.49. The lowest BCUT2D eigenvalue weighted by atomic mass is 10.0. The number of piperidine rings is 1. The molecule has 1 fully saturated rings. The predicted molar refractivity (Wildman–Crippen MR) is 96.5 cm³/mol. The minimum atomic E-state index is -0.160. The zero-order valence-electron chi connectivity index (χ0n) is 14.5. The van der Waals surface area contributed by atoms with Crippen LogP contribution in [0.25, 0.3) is 0 Å². The zero-order valence-corrected chi connectivity index (χ0v) is 14.5. The molecule has 2 heterocycles. The summed E-state index contributed by atoms with van der Waals surface area (Å²) in [5.74, 6) is 0.710. The molecule has 0 atom stereocenters. The Labute approximate surface area is 142 Å². The Hall–Kier alpha value is -2.50. The minimum absolute atomic E-state index is 0.160. The Morgan fingerprint density at radius 3 is 2.58 bits per heavy atom. The van der Waals surface area contributed by atoms with Gasteiger partial charge in [-0.1, -0.05) is 12.1 Å². The van der Waals surface area contributed by atoms with Crippen LogP contribution in [0.1, 0.15) is 24.1 Å². The van der Waals surface area contributed by atoms with E-state index in [2.05, 4.69) is 51.8 Å². The van der Waals surface area contributed by atoms with Crippen molar-refractivity contribution in [1.29, 1.82) is 0 Å². The molecule has 2 aromatic rings. The van der Waals surface area contributed by atoms with Crippen molar-refractivity contribution in [3.8, 4) is 0 Å². The molecule has 2 amide bonds. The van der Waals surface area contributed by atoms with Crippen LogP contribution in [0.15, 0.2) is 30.3 Å². The summed E-state index contributed by atoms with van der Waals surface area (Å²) < 4.78 is 1.68. The SMILES string of the molecule is Cc1cccc(N2CCC(NC(=O)Nc3cc(C)nn3C)CC2)c1. The topological polar surface area (TPSA) is 62.2 Å². The molecule has 0 aliphatic carbocycles. The normalized spacial score (nSPS) is 15.4. The van der Waals surface area contributed by atoms with E-state index in [1.54, 1.807) is 4.68 Å². The molecule has 0 radical (unpaired) electrons. The summed E-state index contributed by atoms with van der Waals surface area (Å²) >= 11 is 0. The minimum Gasteiger partial charge on any atom is -0.371 e. The Bertz CT molecular complexity index is 716. The highest BCUT2D eigenvalue weighted by atomic mass is 16.2. The smallest absolute Gasteiger partial charge is 0.320 e. The molecule has 2 N–H and O–H groups in total. The highest BCUT2D eigenvalue weighted by molar-refractivity contribution is 5.88. The lowest BCUT2D eigenvalue weighted by Gasteiger charge is -2.34. The molecule has 128 valence electrons. The van der Waals surface area contributed by atoms with Gasteiger partial charge >= 0.3 is 6.03 Å². The first kappa shape index (κ1) is 16.4. The van der Waals surface area contributed by atoms with Gasteiger partial charge < -0.3 is 10.2 Å². The quantitative estimate of drug-likeness (QED) is 0.911. The van der Waals surface area contributed by atoms with Crippen LogP contribution in [-0.4, -0.2) is 34.9 Å². The van der Waals surface area contributed by atoms with Gasteiger partial charge in [0, 0.05) is 37.9 Å². The molecule has 1 aliphatic heterocycles. The van der Waals surface area contributed by atoms with Gasteiger partial charge in [-0.3, -0.25) is 10.00 Å². The van der Waals surface area contributed by atoms with Crippen molar-refractivity contribution in [2.24, 2.45) is 7.05 Å². The number of benzene rings is 1. The molecule has 0 saturated carbocycles. The van der Waals surface area contributed by atoms with Crippen LogP contribution in [0.3, 0.4) is 0 Å². The summed E-state index contributed by atoms with van der Waals surface area (Å²) in [6.07, 6.45) is 1.90. The molecule has 24 heavy (non-hydrogen) atoms. The van der Waals surface area contributed by atoms with E-state index in [9.17, 15) is 4.79 Å². The third-order valence-corrected chi connectivity index (χ3v) is 4.44. The summed E-state index contributed by atoms with van der Waals surface area (Å²) in [4.78, 5) is 14.5. The maximum absolute atomic E-state index is 12.2. The number of anilines is 2. The Morgan fingerprint density at radius 2 is 1.96 bits per heavy atom. The second-order valence-electron chi connectivity index (χ2n) is 6.49. The highest BCUT2D eigenvalue weighted by Gasteiger charge is 2.21. The number of hydrogen-bond donors (Lipinski definition) is 2. The maximum atomic E-state index is 12.2. The summed E-state index contributed by atoms with van der Waals surface area (Å²) in [6, 6.07) is 10.5. The standard InChI is InChI=1S/C18H25N5O/c1-13-5-4-6-16(11-13)23-9-7-15(8-10-23)19-18(24)20-17-12-14(2)21-22(17)3/h4-6,11-12,15H,7-10H2,1-3H3,(H2,19,20,24). The van der Waals surface area contributed by atoms with Gasteiger partial charge in [0.15, 0.2) is 0 Å². The summed E-state index contributed by atoms with van der Waals surface area (Å²) in [5, 5.41) is 10.2. The fraction of sp³-hybridized carbons (Fsp3) is 0.444. The van der Waals surface area contributed by atoms with Gasteiger partial charge in [0.25, 0.3) is 0 Å². The third-order valence-electron chi connectivity index (χ3n) is 4.44. The van der Waals surface area contributed by atoms with E-state index in [-0.39, 0.29) is 12.1 Å². The van der Waals surface area contributed by atoms with Crippen molar-refractivity contribution in [3.05, 3.63) is 41.6 Å². The van der Waals surface area contributed by atoms with Crippen LogP contribution in [-0.2, 0) is 7.05 Å². The summed E-state index contributed by atoms with van der Waals surface area (Å²) in [7, 11) is 1.82. The van der Waals surface area contributed by atoms with Crippen molar-refractivity contribution in [3.63, 3.8) is 0 Å². The van der Waals surface area contributed by atoms with E-state index in [1.165, 1.54) is 11.3 Å². The van der Waals surface area contributed by atoms with E-state index in [1.807, 2.05) is 20.0 Å². The molecule has 0 unspecified atom stereocenters. The second kappa shape index (κ2) is 6.95. The van der Waals surface area contributed by atoms with E-state index in [4.69, 9.17) is 0 Å².